The van der Waals surface area contributed by atoms with Crippen LogP contribution in [0.5, 0.6) is 0 Å². The summed E-state index contributed by atoms with van der Waals surface area (Å²) < 4.78 is 23.1. The van der Waals surface area contributed by atoms with Gasteiger partial charge in [-0.15, -0.1) is 0 Å². The number of nitrogens with two attached hydrogens (primary N) is 1. The average molecular weight is 247 g/mol. The van der Waals surface area contributed by atoms with Crippen LogP contribution in [0.15, 0.2) is 0 Å². The van der Waals surface area contributed by atoms with Crippen molar-refractivity contribution in [2.45, 2.75) is 56.7 Å². The number of Topliss-reactive ketones (excluding diaryl/α,β-unsaturated/α-hetero) is 1. The van der Waals surface area contributed by atoms with Gasteiger partial charge < -0.3 is 5.73 Å². The zero-order valence-corrected chi connectivity index (χ0v) is 10.8. The Kier molecular flexibility index (Phi) is 4.12. The van der Waals surface area contributed by atoms with Crippen molar-refractivity contribution >= 4 is 15.6 Å². The Hall–Kier alpha value is -0.420. The maximum Gasteiger partial charge on any atom is 0.153 e. The molecule has 4 nitrogen and oxygen atoms in total. The lowest BCUT2D eigenvalue weighted by Gasteiger charge is -2.21. The van der Waals surface area contributed by atoms with Crippen LogP contribution >= 0.6 is 0 Å². The SMILES string of the molecule is CC(C)S(=O)(=O)CCC(=O)C1(N)CCCC1. The summed E-state index contributed by atoms with van der Waals surface area (Å²) in [5.41, 5.74) is 5.22. The van der Waals surface area contributed by atoms with Gasteiger partial charge >= 0.3 is 0 Å². The van der Waals surface area contributed by atoms with E-state index in [0.29, 0.717) is 12.8 Å². The van der Waals surface area contributed by atoms with Gasteiger partial charge in [-0.05, 0) is 26.7 Å². The van der Waals surface area contributed by atoms with Gasteiger partial charge in [-0.25, -0.2) is 8.42 Å². The fourth-order valence-corrected chi connectivity index (χ4v) is 2.95. The third kappa shape index (κ3) is 3.04. The highest BCUT2D eigenvalue weighted by molar-refractivity contribution is 7.91. The second kappa shape index (κ2) is 4.84. The van der Waals surface area contributed by atoms with Crippen LogP contribution in [0.2, 0.25) is 0 Å². The van der Waals surface area contributed by atoms with Crippen LogP contribution in [0.4, 0.5) is 0 Å². The van der Waals surface area contributed by atoms with E-state index in [4.69, 9.17) is 5.73 Å². The molecule has 5 heteroatoms. The molecular formula is C11H21NO3S. The number of rotatable bonds is 5. The molecule has 0 heterocycles. The number of ketones is 1. The maximum absolute atomic E-state index is 11.8. The molecule has 0 amide bonds. The molecule has 0 aromatic rings. The van der Waals surface area contributed by atoms with Gasteiger partial charge in [-0.2, -0.15) is 0 Å². The van der Waals surface area contributed by atoms with Crippen LogP contribution in [-0.2, 0) is 14.6 Å². The molecular weight excluding hydrogens is 226 g/mol. The van der Waals surface area contributed by atoms with Crippen molar-refractivity contribution in [3.05, 3.63) is 0 Å². The van der Waals surface area contributed by atoms with Crippen molar-refractivity contribution in [2.75, 3.05) is 5.75 Å². The highest BCUT2D eigenvalue weighted by Gasteiger charge is 2.36. The lowest BCUT2D eigenvalue weighted by molar-refractivity contribution is -0.123. The molecule has 1 aliphatic rings. The van der Waals surface area contributed by atoms with Crippen LogP contribution in [0.1, 0.15) is 46.0 Å². The molecule has 94 valence electrons. The minimum Gasteiger partial charge on any atom is -0.319 e. The molecule has 1 fully saturated rings. The topological polar surface area (TPSA) is 77.2 Å². The molecule has 0 aromatic carbocycles. The average Bonchev–Trinajstić information content (AvgIpc) is 2.62. The summed E-state index contributed by atoms with van der Waals surface area (Å²) in [6.45, 7) is 3.27. The molecule has 1 saturated carbocycles. The second-order valence-electron chi connectivity index (χ2n) is 4.95. The van der Waals surface area contributed by atoms with E-state index in [-0.39, 0.29) is 18.0 Å². The van der Waals surface area contributed by atoms with Gasteiger partial charge in [0, 0.05) is 6.42 Å². The highest BCUT2D eigenvalue weighted by atomic mass is 32.2. The highest BCUT2D eigenvalue weighted by Crippen LogP contribution is 2.29. The third-order valence-electron chi connectivity index (χ3n) is 3.38. The molecule has 0 unspecified atom stereocenters. The molecule has 0 atom stereocenters. The van der Waals surface area contributed by atoms with Gasteiger partial charge in [0.25, 0.3) is 0 Å². The van der Waals surface area contributed by atoms with E-state index in [0.717, 1.165) is 12.8 Å². The zero-order chi connectivity index (χ0) is 12.4. The van der Waals surface area contributed by atoms with Crippen molar-refractivity contribution in [3.8, 4) is 0 Å². The molecule has 0 radical (unpaired) electrons. The Morgan fingerprint density at radius 3 is 2.25 bits per heavy atom. The minimum atomic E-state index is -3.13. The Labute approximate surface area is 97.5 Å². The Morgan fingerprint density at radius 2 is 1.81 bits per heavy atom. The largest absolute Gasteiger partial charge is 0.319 e. The van der Waals surface area contributed by atoms with E-state index in [1.165, 1.54) is 0 Å². The summed E-state index contributed by atoms with van der Waals surface area (Å²) in [7, 11) is -3.13. The molecule has 0 bridgehead atoms. The molecule has 2 N–H and O–H groups in total. The first-order valence-corrected chi connectivity index (χ1v) is 7.53. The van der Waals surface area contributed by atoms with E-state index in [2.05, 4.69) is 0 Å². The second-order valence-corrected chi connectivity index (χ2v) is 7.63. The molecule has 0 aliphatic heterocycles. The molecule has 1 rings (SSSR count). The lowest BCUT2D eigenvalue weighted by atomic mass is 9.92. The van der Waals surface area contributed by atoms with Crippen molar-refractivity contribution in [3.63, 3.8) is 0 Å². The predicted octanol–water partition coefficient (Wildman–Crippen LogP) is 1.04. The fourth-order valence-electron chi connectivity index (χ4n) is 2.00. The molecule has 0 spiro atoms. The molecule has 1 aliphatic carbocycles. The summed E-state index contributed by atoms with van der Waals surface area (Å²) >= 11 is 0. The number of hydrogen-bond donors (Lipinski definition) is 1. The first-order chi connectivity index (χ1) is 7.28. The van der Waals surface area contributed by atoms with Crippen molar-refractivity contribution < 1.29 is 13.2 Å². The maximum atomic E-state index is 11.8. The Morgan fingerprint density at radius 1 is 1.31 bits per heavy atom. The van der Waals surface area contributed by atoms with E-state index >= 15 is 0 Å². The van der Waals surface area contributed by atoms with Gasteiger partial charge in [0.05, 0.1) is 16.5 Å². The first-order valence-electron chi connectivity index (χ1n) is 5.82. The predicted molar refractivity (Wildman–Crippen MR) is 63.9 cm³/mol. The van der Waals surface area contributed by atoms with Gasteiger partial charge in [-0.3, -0.25) is 4.79 Å². The van der Waals surface area contributed by atoms with Gasteiger partial charge in [0.1, 0.15) is 0 Å². The van der Waals surface area contributed by atoms with Crippen LogP contribution in [0.25, 0.3) is 0 Å². The summed E-state index contributed by atoms with van der Waals surface area (Å²) in [6.07, 6.45) is 3.41. The van der Waals surface area contributed by atoms with Crippen molar-refractivity contribution in [1.82, 2.24) is 0 Å². The van der Waals surface area contributed by atoms with E-state index in [1.807, 2.05) is 0 Å². The molecule has 0 saturated heterocycles. The first kappa shape index (κ1) is 13.6. The Balaban J connectivity index is 2.53. The van der Waals surface area contributed by atoms with Crippen LogP contribution in [0.3, 0.4) is 0 Å². The van der Waals surface area contributed by atoms with E-state index in [9.17, 15) is 13.2 Å². The normalized spacial score (nSPS) is 20.2. The number of sulfone groups is 1. The summed E-state index contributed by atoms with van der Waals surface area (Å²) in [5, 5.41) is -0.419. The summed E-state index contributed by atoms with van der Waals surface area (Å²) in [4.78, 5) is 11.8. The van der Waals surface area contributed by atoms with Crippen molar-refractivity contribution in [2.24, 2.45) is 5.73 Å². The monoisotopic (exact) mass is 247 g/mol. The molecule has 16 heavy (non-hydrogen) atoms. The molecule has 0 aromatic heterocycles. The quantitative estimate of drug-likeness (QED) is 0.787. The third-order valence-corrected chi connectivity index (χ3v) is 5.59. The van der Waals surface area contributed by atoms with Crippen LogP contribution in [0, 0.1) is 0 Å². The van der Waals surface area contributed by atoms with Crippen LogP contribution in [-0.4, -0.2) is 30.7 Å². The zero-order valence-electron chi connectivity index (χ0n) is 10.0. The number of hydrogen-bond acceptors (Lipinski definition) is 4. The smallest absolute Gasteiger partial charge is 0.153 e. The number of carbonyl (C=O) groups excluding carboxylic acids is 1. The standard InChI is InChI=1S/C11H21NO3S/c1-9(2)16(14,15)8-5-10(13)11(12)6-3-4-7-11/h9H,3-8,12H2,1-2H3. The van der Waals surface area contributed by atoms with Crippen molar-refractivity contribution in [1.29, 1.82) is 0 Å². The minimum absolute atomic E-state index is 0.0665. The van der Waals surface area contributed by atoms with E-state index in [1.54, 1.807) is 13.8 Å². The van der Waals surface area contributed by atoms with Gasteiger partial charge in [0.2, 0.25) is 0 Å². The van der Waals surface area contributed by atoms with Gasteiger partial charge in [0.15, 0.2) is 15.6 Å². The van der Waals surface area contributed by atoms with Crippen LogP contribution < -0.4 is 5.73 Å². The lowest BCUT2D eigenvalue weighted by Crippen LogP contribution is -2.45. The Bertz CT molecular complexity index is 353. The summed E-state index contributed by atoms with van der Waals surface area (Å²) in [6, 6.07) is 0. The van der Waals surface area contributed by atoms with E-state index < -0.39 is 20.6 Å². The summed E-state index contributed by atoms with van der Waals surface area (Å²) in [5.74, 6) is -0.156. The fraction of sp³-hybridized carbons (Fsp3) is 0.909. The number of carbonyl (C=O) groups is 1. The van der Waals surface area contributed by atoms with Gasteiger partial charge in [-0.1, -0.05) is 12.8 Å².